The van der Waals surface area contributed by atoms with E-state index < -0.39 is 0 Å². The van der Waals surface area contributed by atoms with Crippen LogP contribution in [0.2, 0.25) is 0 Å². The van der Waals surface area contributed by atoms with Crippen molar-refractivity contribution in [3.63, 3.8) is 0 Å². The zero-order valence-corrected chi connectivity index (χ0v) is 11.4. The lowest BCUT2D eigenvalue weighted by molar-refractivity contribution is 0.574. The van der Waals surface area contributed by atoms with Crippen molar-refractivity contribution in [2.75, 3.05) is 18.0 Å². The van der Waals surface area contributed by atoms with Gasteiger partial charge in [0.1, 0.15) is 11.6 Å². The summed E-state index contributed by atoms with van der Waals surface area (Å²) in [5, 5.41) is 9.45. The molecule has 0 saturated carbocycles. The normalized spacial score (nSPS) is 15.2. The Bertz CT molecular complexity index is 594. The van der Waals surface area contributed by atoms with Crippen molar-refractivity contribution in [1.29, 1.82) is 5.26 Å². The molecule has 4 nitrogen and oxygen atoms in total. The smallest absolute Gasteiger partial charge is 0.160 e. The fraction of sp³-hybridized carbons (Fsp3) is 0.357. The minimum atomic E-state index is 0.694. The highest BCUT2D eigenvalue weighted by atomic mass is 32.1. The molecule has 5 heteroatoms. The fourth-order valence-corrected chi connectivity index (χ4v) is 3.24. The van der Waals surface area contributed by atoms with Crippen molar-refractivity contribution in [2.24, 2.45) is 0 Å². The summed E-state index contributed by atoms with van der Waals surface area (Å²) in [5.74, 6) is 0.853. The number of anilines is 1. The van der Waals surface area contributed by atoms with E-state index in [1.165, 1.54) is 30.8 Å². The topological polar surface area (TPSA) is 52.8 Å². The van der Waals surface area contributed by atoms with Gasteiger partial charge in [-0.25, -0.2) is 0 Å². The van der Waals surface area contributed by atoms with Gasteiger partial charge in [-0.3, -0.25) is 4.98 Å². The van der Waals surface area contributed by atoms with Gasteiger partial charge < -0.3 is 4.90 Å². The molecule has 3 rings (SSSR count). The second kappa shape index (κ2) is 5.37. The van der Waals surface area contributed by atoms with Crippen LogP contribution >= 0.6 is 11.5 Å². The molecular formula is C14H14N4S. The molecule has 1 fully saturated rings. The minimum absolute atomic E-state index is 0.694. The van der Waals surface area contributed by atoms with Crippen LogP contribution in [0.25, 0.3) is 10.4 Å². The Labute approximate surface area is 116 Å². The van der Waals surface area contributed by atoms with E-state index in [1.54, 1.807) is 12.4 Å². The van der Waals surface area contributed by atoms with Crippen molar-refractivity contribution in [2.45, 2.75) is 19.3 Å². The number of pyridine rings is 1. The van der Waals surface area contributed by atoms with E-state index in [1.807, 2.05) is 12.1 Å². The molecule has 96 valence electrons. The molecule has 0 aliphatic carbocycles. The Morgan fingerprint density at radius 2 is 2.11 bits per heavy atom. The molecule has 0 bridgehead atoms. The molecule has 0 N–H and O–H groups in total. The molecule has 1 aliphatic rings. The minimum Gasteiger partial charge on any atom is -0.355 e. The maximum Gasteiger partial charge on any atom is 0.160 e. The van der Waals surface area contributed by atoms with Crippen molar-refractivity contribution < 1.29 is 0 Å². The van der Waals surface area contributed by atoms with Crippen LogP contribution in [0.3, 0.4) is 0 Å². The van der Waals surface area contributed by atoms with Gasteiger partial charge in [0.05, 0.1) is 4.88 Å². The molecule has 0 unspecified atom stereocenters. The summed E-state index contributed by atoms with van der Waals surface area (Å²) in [7, 11) is 0. The third-order valence-corrected chi connectivity index (χ3v) is 4.25. The first-order valence-corrected chi connectivity index (χ1v) is 7.22. The molecule has 0 radical (unpaired) electrons. The number of rotatable bonds is 2. The summed E-state index contributed by atoms with van der Waals surface area (Å²) in [6.07, 6.45) is 7.17. The summed E-state index contributed by atoms with van der Waals surface area (Å²) in [4.78, 5) is 7.28. The number of hydrogen-bond donors (Lipinski definition) is 0. The first kappa shape index (κ1) is 12.1. The van der Waals surface area contributed by atoms with Crippen molar-refractivity contribution >= 4 is 17.4 Å². The number of nitrogens with zero attached hydrogens (tertiary/aromatic N) is 4. The lowest BCUT2D eigenvalue weighted by Gasteiger charge is -2.26. The predicted molar refractivity (Wildman–Crippen MR) is 76.1 cm³/mol. The van der Waals surface area contributed by atoms with E-state index in [9.17, 15) is 5.26 Å². The zero-order valence-electron chi connectivity index (χ0n) is 10.5. The van der Waals surface area contributed by atoms with Crippen LogP contribution < -0.4 is 4.90 Å². The van der Waals surface area contributed by atoms with Crippen LogP contribution in [-0.2, 0) is 0 Å². The summed E-state index contributed by atoms with van der Waals surface area (Å²) < 4.78 is 4.50. The van der Waals surface area contributed by atoms with Crippen LogP contribution in [0.1, 0.15) is 24.8 Å². The Kier molecular flexibility index (Phi) is 3.43. The maximum atomic E-state index is 9.45. The summed E-state index contributed by atoms with van der Waals surface area (Å²) in [6, 6.07) is 6.18. The van der Waals surface area contributed by atoms with Crippen LogP contribution in [0, 0.1) is 11.3 Å². The molecule has 1 aliphatic heterocycles. The molecule has 0 aromatic carbocycles. The average molecular weight is 270 g/mol. The van der Waals surface area contributed by atoms with Crippen LogP contribution in [0.15, 0.2) is 24.5 Å². The quantitative estimate of drug-likeness (QED) is 0.841. The third-order valence-electron chi connectivity index (χ3n) is 3.37. The molecular weight excluding hydrogens is 256 g/mol. The van der Waals surface area contributed by atoms with E-state index in [2.05, 4.69) is 20.3 Å². The first-order valence-electron chi connectivity index (χ1n) is 6.45. The molecule has 1 saturated heterocycles. The third kappa shape index (κ3) is 2.32. The average Bonchev–Trinajstić information content (AvgIpc) is 2.93. The number of nitriles is 1. The number of piperidine rings is 1. The van der Waals surface area contributed by atoms with Crippen LogP contribution in [0.5, 0.6) is 0 Å². The van der Waals surface area contributed by atoms with E-state index in [4.69, 9.17) is 0 Å². The monoisotopic (exact) mass is 270 g/mol. The maximum absolute atomic E-state index is 9.45. The highest BCUT2D eigenvalue weighted by molar-refractivity contribution is 7.10. The predicted octanol–water partition coefficient (Wildman–Crippen LogP) is 3.07. The molecule has 0 amide bonds. The Hall–Kier alpha value is -1.93. The molecule has 19 heavy (non-hydrogen) atoms. The van der Waals surface area contributed by atoms with Gasteiger partial charge >= 0.3 is 0 Å². The summed E-state index contributed by atoms with van der Waals surface area (Å²) in [5.41, 5.74) is 1.67. The van der Waals surface area contributed by atoms with Gasteiger partial charge in [0.15, 0.2) is 5.82 Å². The van der Waals surface area contributed by atoms with Crippen molar-refractivity contribution in [1.82, 2.24) is 9.36 Å². The van der Waals surface area contributed by atoms with Gasteiger partial charge in [-0.2, -0.15) is 9.64 Å². The van der Waals surface area contributed by atoms with Crippen LogP contribution in [0.4, 0.5) is 5.82 Å². The van der Waals surface area contributed by atoms with E-state index in [-0.39, 0.29) is 0 Å². The lowest BCUT2D eigenvalue weighted by atomic mass is 10.1. The molecule has 2 aromatic rings. The van der Waals surface area contributed by atoms with E-state index >= 15 is 0 Å². The van der Waals surface area contributed by atoms with Gasteiger partial charge in [-0.05, 0) is 36.9 Å². The Balaban J connectivity index is 2.00. The standard InChI is InChI=1S/C14H14N4S/c15-9-12-13(11-5-4-6-16-10-11)19-17-14(12)18-7-2-1-3-8-18/h4-6,10H,1-3,7-8H2. The number of aromatic nitrogens is 2. The van der Waals surface area contributed by atoms with Gasteiger partial charge in [-0.15, -0.1) is 0 Å². The summed E-state index contributed by atoms with van der Waals surface area (Å²) in [6.45, 7) is 2.01. The SMILES string of the molecule is N#Cc1c(N2CCCCC2)nsc1-c1cccnc1. The van der Waals surface area contributed by atoms with Crippen molar-refractivity contribution in [3.05, 3.63) is 30.1 Å². The lowest BCUT2D eigenvalue weighted by Crippen LogP contribution is -2.30. The fourth-order valence-electron chi connectivity index (χ4n) is 2.40. The second-order valence-electron chi connectivity index (χ2n) is 4.61. The van der Waals surface area contributed by atoms with Gasteiger partial charge in [0, 0.05) is 31.0 Å². The van der Waals surface area contributed by atoms with E-state index in [0.717, 1.165) is 29.3 Å². The molecule has 0 spiro atoms. The molecule has 3 heterocycles. The van der Waals surface area contributed by atoms with Crippen molar-refractivity contribution in [3.8, 4) is 16.5 Å². The first-order chi connectivity index (χ1) is 9.40. The second-order valence-corrected chi connectivity index (χ2v) is 5.38. The zero-order chi connectivity index (χ0) is 13.1. The largest absolute Gasteiger partial charge is 0.355 e. The Morgan fingerprint density at radius 1 is 1.26 bits per heavy atom. The van der Waals surface area contributed by atoms with Gasteiger partial charge in [0.25, 0.3) is 0 Å². The highest BCUT2D eigenvalue weighted by Gasteiger charge is 2.21. The van der Waals surface area contributed by atoms with Crippen LogP contribution in [-0.4, -0.2) is 22.4 Å². The molecule has 0 atom stereocenters. The highest BCUT2D eigenvalue weighted by Crippen LogP contribution is 2.34. The molecule has 2 aromatic heterocycles. The Morgan fingerprint density at radius 3 is 2.79 bits per heavy atom. The summed E-state index contributed by atoms with van der Waals surface area (Å²) >= 11 is 1.39. The van der Waals surface area contributed by atoms with Gasteiger partial charge in [-0.1, -0.05) is 6.07 Å². The number of hydrogen-bond acceptors (Lipinski definition) is 5. The van der Waals surface area contributed by atoms with E-state index in [0.29, 0.717) is 5.56 Å². The van der Waals surface area contributed by atoms with Gasteiger partial charge in [0.2, 0.25) is 0 Å².